The van der Waals surface area contributed by atoms with Crippen LogP contribution < -0.4 is 4.57 Å². The third-order valence-electron chi connectivity index (χ3n) is 4.03. The average Bonchev–Trinajstić information content (AvgIpc) is 2.51. The Bertz CT molecular complexity index is 837. The fourth-order valence-corrected chi connectivity index (χ4v) is 2.75. The van der Waals surface area contributed by atoms with Crippen molar-refractivity contribution in [2.24, 2.45) is 0 Å². The summed E-state index contributed by atoms with van der Waals surface area (Å²) in [6.45, 7) is 8.45. The Morgan fingerprint density at radius 2 is 1.65 bits per heavy atom. The summed E-state index contributed by atoms with van der Waals surface area (Å²) in [5.74, 6) is 0. The number of pyridine rings is 1. The van der Waals surface area contributed by atoms with Crippen molar-refractivity contribution in [3.8, 4) is 22.4 Å². The molecule has 0 fully saturated rings. The molecule has 2 heteroatoms. The summed E-state index contributed by atoms with van der Waals surface area (Å²) >= 11 is 0. The van der Waals surface area contributed by atoms with Crippen LogP contribution in [0.15, 0.2) is 60.8 Å². The number of rotatable bonds is 2. The molecule has 3 rings (SSSR count). The van der Waals surface area contributed by atoms with E-state index in [2.05, 4.69) is 70.3 Å². The molecule has 3 aromatic rings. The topological polar surface area (TPSA) is 3.88 Å². The summed E-state index contributed by atoms with van der Waals surface area (Å²) in [6, 6.07) is 19.1. The van der Waals surface area contributed by atoms with Crippen molar-refractivity contribution in [2.45, 2.75) is 13.8 Å². The number of hydrogen-bond acceptors (Lipinski definition) is 0. The van der Waals surface area contributed by atoms with E-state index < -0.39 is 0 Å². The first-order valence-electron chi connectivity index (χ1n) is 7.42. The summed E-state index contributed by atoms with van der Waals surface area (Å²) in [4.78, 5) is 0. The van der Waals surface area contributed by atoms with Crippen molar-refractivity contribution in [3.05, 3.63) is 91.5 Å². The minimum absolute atomic E-state index is 0. The Kier molecular flexibility index (Phi) is 5.30. The molecule has 0 saturated heterocycles. The maximum absolute atomic E-state index is 4.17. The molecule has 0 unspecified atom stereocenters. The third-order valence-corrected chi connectivity index (χ3v) is 4.03. The summed E-state index contributed by atoms with van der Waals surface area (Å²) in [6.07, 6.45) is 1.96. The van der Waals surface area contributed by atoms with Crippen molar-refractivity contribution in [1.29, 1.82) is 0 Å². The van der Waals surface area contributed by atoms with Crippen LogP contribution in [0.2, 0.25) is 0 Å². The van der Waals surface area contributed by atoms with E-state index in [1.807, 2.05) is 22.9 Å². The van der Waals surface area contributed by atoms with Crippen LogP contribution in [-0.4, -0.2) is 0 Å². The van der Waals surface area contributed by atoms with Gasteiger partial charge in [0.25, 0.3) is 0 Å². The molecule has 0 atom stereocenters. The van der Waals surface area contributed by atoms with Gasteiger partial charge in [0.05, 0.1) is 11.9 Å². The Balaban J connectivity index is 0.00000192. The largest absolute Gasteiger partial charge is 0.343 e. The summed E-state index contributed by atoms with van der Waals surface area (Å²) in [7, 11) is 4.06. The van der Waals surface area contributed by atoms with E-state index in [1.165, 1.54) is 22.3 Å². The summed E-state index contributed by atoms with van der Waals surface area (Å²) in [5.41, 5.74) is 8.24. The number of hydrogen-bond donors (Lipinski definition) is 0. The van der Waals surface area contributed by atoms with Crippen LogP contribution in [-0.2, 0) is 20.1 Å². The number of nitrogens with zero attached hydrogens (tertiary/aromatic N) is 1. The predicted molar refractivity (Wildman–Crippen MR) is 92.2 cm³/mol. The Hall–Kier alpha value is -2.02. The van der Waals surface area contributed by atoms with Gasteiger partial charge in [-0.25, -0.2) is 0 Å². The van der Waals surface area contributed by atoms with E-state index in [0.717, 1.165) is 16.8 Å². The second-order valence-electron chi connectivity index (χ2n) is 5.75. The minimum Gasteiger partial charge on any atom is -0.343 e. The Morgan fingerprint density at radius 1 is 0.870 bits per heavy atom. The van der Waals surface area contributed by atoms with Gasteiger partial charge in [0.15, 0.2) is 0 Å². The van der Waals surface area contributed by atoms with Crippen LogP contribution in [0.5, 0.6) is 0 Å². The normalized spacial score (nSPS) is 10.2. The van der Waals surface area contributed by atoms with Crippen molar-refractivity contribution in [3.63, 3.8) is 0 Å². The summed E-state index contributed by atoms with van der Waals surface area (Å²) in [5, 5.41) is 0. The zero-order valence-corrected chi connectivity index (χ0v) is 15.9. The van der Waals surface area contributed by atoms with Gasteiger partial charge in [-0.15, -0.1) is 17.7 Å². The molecule has 0 aliphatic rings. The second kappa shape index (κ2) is 7.04. The van der Waals surface area contributed by atoms with E-state index in [4.69, 9.17) is 0 Å². The molecule has 23 heavy (non-hydrogen) atoms. The van der Waals surface area contributed by atoms with Gasteiger partial charge in [0.1, 0.15) is 0 Å². The minimum atomic E-state index is 0. The number of aryl methyl sites for hydroxylation is 2. The van der Waals surface area contributed by atoms with Crippen molar-refractivity contribution >= 4 is 0 Å². The van der Waals surface area contributed by atoms with E-state index in [-0.39, 0.29) is 20.1 Å². The number of aromatic nitrogens is 1. The van der Waals surface area contributed by atoms with Gasteiger partial charge in [-0.2, -0.15) is 18.6 Å². The average molecular weight is 479 g/mol. The predicted octanol–water partition coefficient (Wildman–Crippen LogP) is 4.74. The van der Waals surface area contributed by atoms with Gasteiger partial charge in [-0.1, -0.05) is 42.0 Å². The van der Waals surface area contributed by atoms with Gasteiger partial charge in [-0.3, -0.25) is 0 Å². The van der Waals surface area contributed by atoms with Crippen LogP contribution in [0.1, 0.15) is 16.7 Å². The van der Waals surface area contributed by atoms with Crippen molar-refractivity contribution < 1.29 is 24.7 Å². The summed E-state index contributed by atoms with van der Waals surface area (Å²) < 4.78 is 1.89. The molecule has 0 bridgehead atoms. The maximum Gasteiger partial charge on any atom is 0.0686 e. The molecule has 1 radical (unpaired) electrons. The van der Waals surface area contributed by atoms with Gasteiger partial charge < -0.3 is 4.57 Å². The van der Waals surface area contributed by atoms with Gasteiger partial charge in [0.2, 0.25) is 0 Å². The van der Waals surface area contributed by atoms with Gasteiger partial charge in [0, 0.05) is 27.2 Å². The zero-order chi connectivity index (χ0) is 15.7. The first kappa shape index (κ1) is 17.3. The Labute approximate surface area is 152 Å². The molecule has 0 N–H and O–H groups in total. The van der Waals surface area contributed by atoms with Crippen LogP contribution in [0.25, 0.3) is 22.4 Å². The quantitative estimate of drug-likeness (QED) is 0.370. The maximum atomic E-state index is 4.17. The molecule has 1 nitrogen and oxygen atoms in total. The molecule has 0 spiro atoms. The van der Waals surface area contributed by atoms with E-state index in [1.54, 1.807) is 0 Å². The van der Waals surface area contributed by atoms with Crippen LogP contribution >= 0.6 is 0 Å². The monoisotopic (exact) mass is 479 g/mol. The van der Waals surface area contributed by atoms with Crippen LogP contribution in [0.4, 0.5) is 0 Å². The molecular weight excluding hydrogens is 458 g/mol. The second-order valence-corrected chi connectivity index (χ2v) is 5.75. The SMILES string of the molecule is [CH2-]c1ccc(-c2cc(C)ccc2C)cc1-c1cccc[n+]1[CH2-].[Ir]. The molecule has 0 aliphatic heterocycles. The fourth-order valence-electron chi connectivity index (χ4n) is 2.75. The van der Waals surface area contributed by atoms with E-state index in [0.29, 0.717) is 0 Å². The van der Waals surface area contributed by atoms with Gasteiger partial charge in [-0.05, 0) is 30.5 Å². The van der Waals surface area contributed by atoms with Crippen molar-refractivity contribution in [2.75, 3.05) is 0 Å². The molecule has 1 aromatic heterocycles. The van der Waals surface area contributed by atoms with Crippen LogP contribution in [0, 0.1) is 27.8 Å². The molecule has 0 amide bonds. The Morgan fingerprint density at radius 3 is 2.39 bits per heavy atom. The first-order chi connectivity index (χ1) is 10.6. The molecule has 1 heterocycles. The van der Waals surface area contributed by atoms with Gasteiger partial charge >= 0.3 is 0 Å². The molecule has 119 valence electrons. The zero-order valence-electron chi connectivity index (χ0n) is 13.5. The standard InChI is InChI=1S/C21H20N.Ir/c1-15-8-9-16(2)19(13-15)18-11-10-17(3)20(14-18)21-7-5-6-12-22(21)4;/h5-14H,3-4H2,1-2H3;/q-1;. The van der Waals surface area contributed by atoms with Crippen molar-refractivity contribution in [1.82, 2.24) is 0 Å². The third kappa shape index (κ3) is 3.50. The smallest absolute Gasteiger partial charge is 0.0686 e. The number of benzene rings is 2. The first-order valence-corrected chi connectivity index (χ1v) is 7.42. The van der Waals surface area contributed by atoms with E-state index >= 15 is 0 Å². The molecular formula is C21H20IrN-. The van der Waals surface area contributed by atoms with Crippen LogP contribution in [0.3, 0.4) is 0 Å². The fraction of sp³-hybridized carbons (Fsp3) is 0.0952. The molecule has 0 aliphatic carbocycles. The molecule has 2 aromatic carbocycles. The van der Waals surface area contributed by atoms with E-state index in [9.17, 15) is 0 Å². The molecule has 0 saturated carbocycles.